The van der Waals surface area contributed by atoms with Gasteiger partial charge < -0.3 is 10.6 Å². The number of allylic oxidation sites excluding steroid dienone is 3. The maximum absolute atomic E-state index is 13.5. The summed E-state index contributed by atoms with van der Waals surface area (Å²) < 4.78 is 39.6. The minimum absolute atomic E-state index is 0.0185. The largest absolute Gasteiger partial charge is 0.416 e. The van der Waals surface area contributed by atoms with Gasteiger partial charge in [0.2, 0.25) is 0 Å². The number of carbonyl (C=O) groups is 2. The van der Waals surface area contributed by atoms with Crippen LogP contribution in [0.15, 0.2) is 71.1 Å². The molecular formula is C26H24ClF3N2O2. The number of dihydropyridines is 1. The first-order valence-electron chi connectivity index (χ1n) is 10.8. The van der Waals surface area contributed by atoms with Crippen molar-refractivity contribution in [3.63, 3.8) is 0 Å². The van der Waals surface area contributed by atoms with Gasteiger partial charge in [-0.2, -0.15) is 13.2 Å². The molecule has 0 spiro atoms. The van der Waals surface area contributed by atoms with Crippen molar-refractivity contribution < 1.29 is 22.8 Å². The highest BCUT2D eigenvalue weighted by molar-refractivity contribution is 6.34. The van der Waals surface area contributed by atoms with Gasteiger partial charge in [0, 0.05) is 34.9 Å². The maximum Gasteiger partial charge on any atom is 0.416 e. The van der Waals surface area contributed by atoms with Crippen molar-refractivity contribution >= 4 is 29.0 Å². The average molecular weight is 489 g/mol. The van der Waals surface area contributed by atoms with Crippen molar-refractivity contribution in [3.05, 3.63) is 87.2 Å². The van der Waals surface area contributed by atoms with Crippen LogP contribution >= 0.6 is 11.6 Å². The van der Waals surface area contributed by atoms with Crippen LogP contribution < -0.4 is 10.6 Å². The molecule has 4 rings (SSSR count). The van der Waals surface area contributed by atoms with E-state index in [2.05, 4.69) is 10.6 Å². The van der Waals surface area contributed by atoms with E-state index in [9.17, 15) is 22.8 Å². The Bertz CT molecular complexity index is 1230. The molecule has 2 aliphatic rings. The Kier molecular flexibility index (Phi) is 6.10. The summed E-state index contributed by atoms with van der Waals surface area (Å²) >= 11 is 6.11. The Morgan fingerprint density at radius 1 is 1.12 bits per heavy atom. The third-order valence-corrected chi connectivity index (χ3v) is 6.49. The van der Waals surface area contributed by atoms with Crippen LogP contribution in [0.3, 0.4) is 0 Å². The van der Waals surface area contributed by atoms with Gasteiger partial charge in [-0.15, -0.1) is 0 Å². The van der Waals surface area contributed by atoms with E-state index in [1.165, 1.54) is 0 Å². The highest BCUT2D eigenvalue weighted by Gasteiger charge is 2.42. The van der Waals surface area contributed by atoms with Crippen molar-refractivity contribution in [3.8, 4) is 0 Å². The molecule has 178 valence electrons. The fourth-order valence-electron chi connectivity index (χ4n) is 4.70. The number of nitrogens with one attached hydrogen (secondary N) is 2. The van der Waals surface area contributed by atoms with Crippen molar-refractivity contribution in [2.45, 2.75) is 45.7 Å². The molecule has 0 bridgehead atoms. The third-order valence-electron chi connectivity index (χ3n) is 6.16. The summed E-state index contributed by atoms with van der Waals surface area (Å²) in [6.07, 6.45) is -3.60. The number of hydrogen-bond donors (Lipinski definition) is 2. The van der Waals surface area contributed by atoms with Crippen molar-refractivity contribution in [1.29, 1.82) is 0 Å². The number of anilines is 1. The highest BCUT2D eigenvalue weighted by atomic mass is 35.5. The van der Waals surface area contributed by atoms with Gasteiger partial charge in [-0.25, -0.2) is 0 Å². The van der Waals surface area contributed by atoms with E-state index in [-0.39, 0.29) is 27.5 Å². The highest BCUT2D eigenvalue weighted by Crippen LogP contribution is 2.47. The molecular weight excluding hydrogens is 465 g/mol. The van der Waals surface area contributed by atoms with Crippen LogP contribution in [0.1, 0.15) is 50.7 Å². The fourth-order valence-corrected chi connectivity index (χ4v) is 4.87. The van der Waals surface area contributed by atoms with E-state index < -0.39 is 23.6 Å². The lowest BCUT2D eigenvalue weighted by Crippen LogP contribution is -2.39. The molecule has 1 aliphatic carbocycles. The number of benzene rings is 2. The van der Waals surface area contributed by atoms with Gasteiger partial charge in [0.05, 0.1) is 16.3 Å². The predicted molar refractivity (Wildman–Crippen MR) is 125 cm³/mol. The van der Waals surface area contributed by atoms with E-state index in [1.807, 2.05) is 44.2 Å². The van der Waals surface area contributed by atoms with E-state index >= 15 is 0 Å². The molecule has 0 aromatic heterocycles. The van der Waals surface area contributed by atoms with Crippen LogP contribution in [0.4, 0.5) is 18.9 Å². The van der Waals surface area contributed by atoms with Gasteiger partial charge in [-0.3, -0.25) is 9.59 Å². The number of alkyl halides is 3. The first kappa shape index (κ1) is 24.1. The van der Waals surface area contributed by atoms with Crippen LogP contribution in [0.25, 0.3) is 0 Å². The van der Waals surface area contributed by atoms with E-state index in [1.54, 1.807) is 6.92 Å². The van der Waals surface area contributed by atoms with Gasteiger partial charge in [0.15, 0.2) is 5.78 Å². The molecule has 34 heavy (non-hydrogen) atoms. The summed E-state index contributed by atoms with van der Waals surface area (Å²) in [6.45, 7) is 5.77. The van der Waals surface area contributed by atoms with Gasteiger partial charge in [-0.1, -0.05) is 55.8 Å². The summed E-state index contributed by atoms with van der Waals surface area (Å²) in [7, 11) is 0. The topological polar surface area (TPSA) is 58.2 Å². The Morgan fingerprint density at radius 2 is 1.79 bits per heavy atom. The minimum atomic E-state index is -4.58. The number of rotatable bonds is 3. The average Bonchev–Trinajstić information content (AvgIpc) is 2.73. The molecule has 8 heteroatoms. The molecule has 2 aromatic rings. The first-order valence-corrected chi connectivity index (χ1v) is 11.2. The zero-order valence-electron chi connectivity index (χ0n) is 18.9. The normalized spacial score (nSPS) is 20.1. The van der Waals surface area contributed by atoms with Crippen LogP contribution in [-0.4, -0.2) is 11.7 Å². The van der Waals surface area contributed by atoms with Crippen molar-refractivity contribution in [2.24, 2.45) is 5.41 Å². The van der Waals surface area contributed by atoms with Gasteiger partial charge in [0.25, 0.3) is 5.91 Å². The van der Waals surface area contributed by atoms with Gasteiger partial charge in [0.1, 0.15) is 0 Å². The predicted octanol–water partition coefficient (Wildman–Crippen LogP) is 6.60. The van der Waals surface area contributed by atoms with Crippen LogP contribution in [-0.2, 0) is 15.8 Å². The SMILES string of the molecule is CC1=C(C(=O)Nc2cc(C(F)(F)F)ccc2Cl)C(c2ccccc2)C2=C(CC(C)(C)CC2=O)N1. The standard InChI is InChI=1S/C26H24ClF3N2O2/c1-14-21(24(34)32-18-11-16(26(28,29)30)9-10-17(18)27)22(15-7-5-4-6-8-15)23-19(31-14)12-25(2,3)13-20(23)33/h4-11,22,31H,12-13H2,1-3H3,(H,32,34). The summed E-state index contributed by atoms with van der Waals surface area (Å²) in [6, 6.07) is 11.9. The van der Waals surface area contributed by atoms with E-state index in [4.69, 9.17) is 11.6 Å². The van der Waals surface area contributed by atoms with Gasteiger partial charge in [-0.05, 0) is 42.5 Å². The number of carbonyl (C=O) groups excluding carboxylic acids is 2. The lowest BCUT2D eigenvalue weighted by molar-refractivity contribution is -0.137. The second-order valence-electron chi connectivity index (χ2n) is 9.49. The van der Waals surface area contributed by atoms with Gasteiger partial charge >= 0.3 is 6.18 Å². The molecule has 0 saturated carbocycles. The molecule has 4 nitrogen and oxygen atoms in total. The summed E-state index contributed by atoms with van der Waals surface area (Å²) in [5.74, 6) is -1.32. The Morgan fingerprint density at radius 3 is 2.44 bits per heavy atom. The summed E-state index contributed by atoms with van der Waals surface area (Å²) in [5, 5.41) is 5.76. The smallest absolute Gasteiger partial charge is 0.362 e. The van der Waals surface area contributed by atoms with Crippen LogP contribution in [0.2, 0.25) is 5.02 Å². The molecule has 1 unspecified atom stereocenters. The summed E-state index contributed by atoms with van der Waals surface area (Å²) in [5.41, 5.74) is 1.57. The number of Topliss-reactive ketones (excluding diaryl/α,β-unsaturated/α-hetero) is 1. The Labute approximate surface area is 200 Å². The zero-order chi connectivity index (χ0) is 24.8. The van der Waals surface area contributed by atoms with Crippen molar-refractivity contribution in [2.75, 3.05) is 5.32 Å². The molecule has 1 atom stereocenters. The number of amides is 1. The van der Waals surface area contributed by atoms with Crippen LogP contribution in [0, 0.1) is 5.41 Å². The molecule has 0 fully saturated rings. The first-order chi connectivity index (χ1) is 15.9. The lowest BCUT2D eigenvalue weighted by atomic mass is 9.68. The quantitative estimate of drug-likeness (QED) is 0.511. The second-order valence-corrected chi connectivity index (χ2v) is 9.89. The lowest BCUT2D eigenvalue weighted by Gasteiger charge is -2.39. The Hall–Kier alpha value is -3.06. The van der Waals surface area contributed by atoms with E-state index in [0.29, 0.717) is 24.1 Å². The fraction of sp³-hybridized carbons (Fsp3) is 0.308. The maximum atomic E-state index is 13.5. The minimum Gasteiger partial charge on any atom is -0.362 e. The number of hydrogen-bond acceptors (Lipinski definition) is 3. The van der Waals surface area contributed by atoms with Crippen LogP contribution in [0.5, 0.6) is 0 Å². The third kappa shape index (κ3) is 4.62. The Balaban J connectivity index is 1.78. The monoisotopic (exact) mass is 488 g/mol. The molecule has 2 aromatic carbocycles. The molecule has 0 saturated heterocycles. The molecule has 0 radical (unpaired) electrons. The molecule has 1 aliphatic heterocycles. The number of ketones is 1. The molecule has 2 N–H and O–H groups in total. The summed E-state index contributed by atoms with van der Waals surface area (Å²) in [4.78, 5) is 26.8. The molecule has 1 amide bonds. The zero-order valence-corrected chi connectivity index (χ0v) is 19.7. The van der Waals surface area contributed by atoms with Crippen molar-refractivity contribution in [1.82, 2.24) is 5.32 Å². The second kappa shape index (κ2) is 8.62. The van der Waals surface area contributed by atoms with E-state index in [0.717, 1.165) is 29.5 Å². The molecule has 1 heterocycles. The number of halogens is 4.